The zero-order valence-corrected chi connectivity index (χ0v) is 12.8. The zero-order valence-electron chi connectivity index (χ0n) is 12.8. The fraction of sp³-hybridized carbons (Fsp3) is 0.786. The molecule has 6 heteroatoms. The van der Waals surface area contributed by atoms with E-state index in [-0.39, 0.29) is 11.3 Å². The van der Waals surface area contributed by atoms with Gasteiger partial charge in [-0.05, 0) is 7.05 Å². The molecule has 0 aliphatic carbocycles. The van der Waals surface area contributed by atoms with E-state index in [4.69, 9.17) is 4.52 Å². The van der Waals surface area contributed by atoms with Crippen LogP contribution in [0.2, 0.25) is 0 Å². The summed E-state index contributed by atoms with van der Waals surface area (Å²) in [5, 5.41) is 3.97. The quantitative estimate of drug-likeness (QED) is 0.829. The van der Waals surface area contributed by atoms with Crippen LogP contribution in [-0.4, -0.2) is 59.1 Å². The smallest absolute Gasteiger partial charge is 0.227 e. The van der Waals surface area contributed by atoms with Crippen molar-refractivity contribution in [2.75, 3.05) is 33.2 Å². The lowest BCUT2D eigenvalue weighted by Gasteiger charge is -2.32. The highest BCUT2D eigenvalue weighted by Crippen LogP contribution is 2.18. The normalized spacial score (nSPS) is 17.5. The van der Waals surface area contributed by atoms with Gasteiger partial charge in [-0.3, -0.25) is 4.79 Å². The van der Waals surface area contributed by atoms with E-state index in [1.807, 2.05) is 25.7 Å². The number of carbonyl (C=O) groups is 1. The molecule has 0 saturated carbocycles. The number of hydrogen-bond donors (Lipinski definition) is 0. The van der Waals surface area contributed by atoms with Gasteiger partial charge in [0.15, 0.2) is 5.82 Å². The van der Waals surface area contributed by atoms with Crippen molar-refractivity contribution >= 4 is 5.91 Å². The molecule has 1 aliphatic rings. The lowest BCUT2D eigenvalue weighted by Crippen LogP contribution is -2.47. The molecule has 1 amide bonds. The first kappa shape index (κ1) is 15.0. The van der Waals surface area contributed by atoms with Crippen LogP contribution in [0.15, 0.2) is 4.52 Å². The summed E-state index contributed by atoms with van der Waals surface area (Å²) in [6.07, 6.45) is 0.962. The van der Waals surface area contributed by atoms with Crippen LogP contribution < -0.4 is 0 Å². The van der Waals surface area contributed by atoms with E-state index in [1.54, 1.807) is 0 Å². The van der Waals surface area contributed by atoms with Crippen molar-refractivity contribution in [3.05, 3.63) is 11.7 Å². The molecule has 6 nitrogen and oxygen atoms in total. The minimum absolute atomic E-state index is 0.122. The maximum atomic E-state index is 12.1. The van der Waals surface area contributed by atoms with E-state index in [1.165, 1.54) is 0 Å². The van der Waals surface area contributed by atoms with Gasteiger partial charge in [-0.25, -0.2) is 0 Å². The molecule has 1 saturated heterocycles. The second kappa shape index (κ2) is 5.91. The number of rotatable bonds is 3. The SMILES string of the molecule is CN1CCN(C(=O)CCc2nc(C(C)(C)C)no2)CC1. The number of likely N-dealkylation sites (N-methyl/N-ethyl adjacent to an activating group) is 1. The third-order valence-electron chi connectivity index (χ3n) is 3.55. The summed E-state index contributed by atoms with van der Waals surface area (Å²) >= 11 is 0. The summed E-state index contributed by atoms with van der Waals surface area (Å²) in [7, 11) is 2.08. The van der Waals surface area contributed by atoms with Crippen LogP contribution in [0.4, 0.5) is 0 Å². The topological polar surface area (TPSA) is 62.5 Å². The van der Waals surface area contributed by atoms with Crippen LogP contribution in [-0.2, 0) is 16.6 Å². The van der Waals surface area contributed by atoms with Gasteiger partial charge in [0.2, 0.25) is 11.8 Å². The van der Waals surface area contributed by atoms with E-state index in [0.29, 0.717) is 24.6 Å². The van der Waals surface area contributed by atoms with E-state index >= 15 is 0 Å². The first-order valence-electron chi connectivity index (χ1n) is 7.15. The van der Waals surface area contributed by atoms with Gasteiger partial charge in [0.25, 0.3) is 0 Å². The molecule has 20 heavy (non-hydrogen) atoms. The minimum atomic E-state index is -0.122. The summed E-state index contributed by atoms with van der Waals surface area (Å²) in [6, 6.07) is 0. The molecule has 0 bridgehead atoms. The number of carbonyl (C=O) groups excluding carboxylic acids is 1. The Morgan fingerprint density at radius 2 is 1.90 bits per heavy atom. The second-order valence-corrected chi connectivity index (χ2v) is 6.45. The molecule has 1 aromatic heterocycles. The van der Waals surface area contributed by atoms with E-state index in [0.717, 1.165) is 26.2 Å². The van der Waals surface area contributed by atoms with E-state index < -0.39 is 0 Å². The Hall–Kier alpha value is -1.43. The van der Waals surface area contributed by atoms with Crippen molar-refractivity contribution in [1.29, 1.82) is 0 Å². The average molecular weight is 280 g/mol. The zero-order chi connectivity index (χ0) is 14.8. The molecule has 0 N–H and O–H groups in total. The van der Waals surface area contributed by atoms with E-state index in [2.05, 4.69) is 22.1 Å². The standard InChI is InChI=1S/C14H24N4O2/c1-14(2,3)13-15-11(20-16-13)5-6-12(19)18-9-7-17(4)8-10-18/h5-10H2,1-4H3. The van der Waals surface area contributed by atoms with Gasteiger partial charge in [0.1, 0.15) is 0 Å². The molecule has 2 rings (SSSR count). The highest BCUT2D eigenvalue weighted by molar-refractivity contribution is 5.76. The Morgan fingerprint density at radius 3 is 2.45 bits per heavy atom. The third kappa shape index (κ3) is 3.79. The van der Waals surface area contributed by atoms with Crippen LogP contribution in [0.5, 0.6) is 0 Å². The van der Waals surface area contributed by atoms with Crippen molar-refractivity contribution in [3.63, 3.8) is 0 Å². The second-order valence-electron chi connectivity index (χ2n) is 6.45. The Balaban J connectivity index is 1.83. The minimum Gasteiger partial charge on any atom is -0.340 e. The number of hydrogen-bond acceptors (Lipinski definition) is 5. The summed E-state index contributed by atoms with van der Waals surface area (Å²) in [5.74, 6) is 1.42. The Labute approximate surface area is 120 Å². The molecular formula is C14H24N4O2. The number of aryl methyl sites for hydroxylation is 1. The fourth-order valence-electron chi connectivity index (χ4n) is 2.09. The van der Waals surface area contributed by atoms with Gasteiger partial charge in [0.05, 0.1) is 0 Å². The molecule has 2 heterocycles. The van der Waals surface area contributed by atoms with Crippen LogP contribution in [0, 0.1) is 0 Å². The van der Waals surface area contributed by atoms with Crippen LogP contribution >= 0.6 is 0 Å². The van der Waals surface area contributed by atoms with Gasteiger partial charge in [0, 0.05) is 44.4 Å². The van der Waals surface area contributed by atoms with Crippen molar-refractivity contribution in [2.45, 2.75) is 39.0 Å². The van der Waals surface area contributed by atoms with Gasteiger partial charge in [-0.1, -0.05) is 25.9 Å². The summed E-state index contributed by atoms with van der Waals surface area (Å²) < 4.78 is 5.21. The average Bonchev–Trinajstić information content (AvgIpc) is 2.85. The largest absolute Gasteiger partial charge is 0.340 e. The highest BCUT2D eigenvalue weighted by Gasteiger charge is 2.22. The van der Waals surface area contributed by atoms with Crippen molar-refractivity contribution < 1.29 is 9.32 Å². The Bertz CT molecular complexity index is 456. The molecule has 112 valence electrons. The van der Waals surface area contributed by atoms with Gasteiger partial charge < -0.3 is 14.3 Å². The molecule has 0 aromatic carbocycles. The highest BCUT2D eigenvalue weighted by atomic mass is 16.5. The van der Waals surface area contributed by atoms with Crippen LogP contribution in [0.1, 0.15) is 38.9 Å². The molecule has 1 aromatic rings. The van der Waals surface area contributed by atoms with Crippen molar-refractivity contribution in [1.82, 2.24) is 19.9 Å². The molecule has 1 aliphatic heterocycles. The molecular weight excluding hydrogens is 256 g/mol. The van der Waals surface area contributed by atoms with Crippen LogP contribution in [0.3, 0.4) is 0 Å². The number of nitrogens with zero attached hydrogens (tertiary/aromatic N) is 4. The predicted octanol–water partition coefficient (Wildman–Crippen LogP) is 1.07. The first-order chi connectivity index (χ1) is 9.36. The first-order valence-corrected chi connectivity index (χ1v) is 7.15. The summed E-state index contributed by atoms with van der Waals surface area (Å²) in [5.41, 5.74) is -0.122. The fourth-order valence-corrected chi connectivity index (χ4v) is 2.09. The number of piperazine rings is 1. The molecule has 1 fully saturated rings. The van der Waals surface area contributed by atoms with Gasteiger partial charge >= 0.3 is 0 Å². The Kier molecular flexibility index (Phi) is 4.42. The van der Waals surface area contributed by atoms with Gasteiger partial charge in [-0.15, -0.1) is 0 Å². The molecule has 0 unspecified atom stereocenters. The summed E-state index contributed by atoms with van der Waals surface area (Å²) in [6.45, 7) is 9.63. The lowest BCUT2D eigenvalue weighted by atomic mass is 9.96. The molecule has 0 radical (unpaired) electrons. The maximum absolute atomic E-state index is 12.1. The summed E-state index contributed by atoms with van der Waals surface area (Å²) in [4.78, 5) is 20.6. The Morgan fingerprint density at radius 1 is 1.25 bits per heavy atom. The van der Waals surface area contributed by atoms with Crippen molar-refractivity contribution in [3.8, 4) is 0 Å². The van der Waals surface area contributed by atoms with E-state index in [9.17, 15) is 4.79 Å². The van der Waals surface area contributed by atoms with Gasteiger partial charge in [-0.2, -0.15) is 4.98 Å². The van der Waals surface area contributed by atoms with Crippen molar-refractivity contribution in [2.24, 2.45) is 0 Å². The van der Waals surface area contributed by atoms with Crippen LogP contribution in [0.25, 0.3) is 0 Å². The molecule has 0 atom stereocenters. The monoisotopic (exact) mass is 280 g/mol. The number of amides is 1. The third-order valence-corrected chi connectivity index (χ3v) is 3.55. The molecule has 0 spiro atoms. The maximum Gasteiger partial charge on any atom is 0.227 e. The predicted molar refractivity (Wildman–Crippen MR) is 75.4 cm³/mol. The lowest BCUT2D eigenvalue weighted by molar-refractivity contribution is -0.132. The number of aromatic nitrogens is 2.